The molecule has 0 heterocycles. The van der Waals surface area contributed by atoms with Crippen molar-refractivity contribution in [1.82, 2.24) is 0 Å². The number of anilines is 3. The summed E-state index contributed by atoms with van der Waals surface area (Å²) in [6.45, 7) is 2.31. The van der Waals surface area contributed by atoms with Crippen molar-refractivity contribution in [2.75, 3.05) is 4.90 Å². The van der Waals surface area contributed by atoms with E-state index in [1.807, 2.05) is 24.3 Å². The van der Waals surface area contributed by atoms with E-state index in [4.69, 9.17) is 4.74 Å². The van der Waals surface area contributed by atoms with Crippen LogP contribution in [0.4, 0.5) is 17.1 Å². The molecule has 0 spiro atoms. The Kier molecular flexibility index (Phi) is 7.91. The van der Waals surface area contributed by atoms with E-state index in [1.54, 1.807) is 0 Å². The molecule has 2 heteroatoms. The van der Waals surface area contributed by atoms with Crippen LogP contribution in [0.25, 0.3) is 0 Å². The van der Waals surface area contributed by atoms with Gasteiger partial charge >= 0.3 is 0 Å². The zero-order chi connectivity index (χ0) is 27.9. The molecular formula is C39H33NO. The maximum atomic E-state index is 6.27. The maximum Gasteiger partial charge on any atom is 0.127 e. The lowest BCUT2D eigenvalue weighted by Crippen LogP contribution is -2.10. The van der Waals surface area contributed by atoms with E-state index in [2.05, 4.69) is 157 Å². The Morgan fingerprint density at radius 1 is 0.390 bits per heavy atom. The summed E-state index contributed by atoms with van der Waals surface area (Å²) in [4.78, 5) is 2.25. The fourth-order valence-electron chi connectivity index (χ4n) is 5.52. The summed E-state index contributed by atoms with van der Waals surface area (Å²) in [7, 11) is 0. The highest BCUT2D eigenvalue weighted by molar-refractivity contribution is 5.76. The largest absolute Gasteiger partial charge is 0.457 e. The Hall–Kier alpha value is -5.08. The van der Waals surface area contributed by atoms with Crippen molar-refractivity contribution in [3.8, 4) is 11.5 Å². The summed E-state index contributed by atoms with van der Waals surface area (Å²) >= 11 is 0. The first-order valence-electron chi connectivity index (χ1n) is 14.1. The van der Waals surface area contributed by atoms with E-state index in [0.29, 0.717) is 5.92 Å². The molecule has 0 amide bonds. The predicted molar refractivity (Wildman–Crippen MR) is 171 cm³/mol. The molecule has 0 aliphatic heterocycles. The van der Waals surface area contributed by atoms with Crippen molar-refractivity contribution in [3.05, 3.63) is 187 Å². The molecule has 200 valence electrons. The number of nitrogens with zero attached hydrogens (tertiary/aromatic N) is 1. The van der Waals surface area contributed by atoms with E-state index >= 15 is 0 Å². The zero-order valence-electron chi connectivity index (χ0n) is 23.2. The average Bonchev–Trinajstić information content (AvgIpc) is 3.05. The maximum absolute atomic E-state index is 6.27. The van der Waals surface area contributed by atoms with Gasteiger partial charge in [0, 0.05) is 23.0 Å². The van der Waals surface area contributed by atoms with Crippen molar-refractivity contribution in [2.45, 2.75) is 18.8 Å². The van der Waals surface area contributed by atoms with Crippen LogP contribution < -0.4 is 9.64 Å². The summed E-state index contributed by atoms with van der Waals surface area (Å²) in [5.74, 6) is 2.21. The number of ether oxygens (including phenoxy) is 1. The molecule has 0 N–H and O–H groups in total. The Labute approximate surface area is 243 Å². The smallest absolute Gasteiger partial charge is 0.127 e. The third kappa shape index (κ3) is 6.08. The number of benzene rings is 6. The highest BCUT2D eigenvalue weighted by atomic mass is 16.5. The van der Waals surface area contributed by atoms with Gasteiger partial charge in [-0.1, -0.05) is 116 Å². The minimum atomic E-state index is 0.272. The second-order valence-corrected chi connectivity index (χ2v) is 10.3. The molecule has 6 aromatic carbocycles. The molecule has 0 saturated heterocycles. The van der Waals surface area contributed by atoms with Crippen molar-refractivity contribution in [2.24, 2.45) is 0 Å². The van der Waals surface area contributed by atoms with Crippen LogP contribution in [0, 0.1) is 0 Å². The van der Waals surface area contributed by atoms with Crippen LogP contribution >= 0.6 is 0 Å². The Morgan fingerprint density at radius 3 is 1.20 bits per heavy atom. The molecule has 0 aliphatic rings. The van der Waals surface area contributed by atoms with Crippen LogP contribution in [0.2, 0.25) is 0 Å². The lowest BCUT2D eigenvalue weighted by atomic mass is 9.78. The molecular weight excluding hydrogens is 498 g/mol. The van der Waals surface area contributed by atoms with Gasteiger partial charge in [-0.05, 0) is 83.3 Å². The summed E-state index contributed by atoms with van der Waals surface area (Å²) in [5, 5.41) is 0. The van der Waals surface area contributed by atoms with Gasteiger partial charge in [0.2, 0.25) is 0 Å². The number of para-hydroxylation sites is 2. The summed E-state index contributed by atoms with van der Waals surface area (Å²) in [6.07, 6.45) is 0. The van der Waals surface area contributed by atoms with E-state index in [1.165, 1.54) is 16.7 Å². The topological polar surface area (TPSA) is 12.5 Å². The average molecular weight is 532 g/mol. The number of hydrogen-bond acceptors (Lipinski definition) is 2. The molecule has 0 saturated carbocycles. The van der Waals surface area contributed by atoms with Gasteiger partial charge in [-0.15, -0.1) is 0 Å². The molecule has 6 aromatic rings. The summed E-state index contributed by atoms with van der Waals surface area (Å²) < 4.78 is 6.27. The van der Waals surface area contributed by atoms with E-state index < -0.39 is 0 Å². The highest BCUT2D eigenvalue weighted by Crippen LogP contribution is 2.39. The van der Waals surface area contributed by atoms with Crippen molar-refractivity contribution >= 4 is 17.1 Å². The fourth-order valence-corrected chi connectivity index (χ4v) is 5.52. The van der Waals surface area contributed by atoms with E-state index in [0.717, 1.165) is 28.6 Å². The first kappa shape index (κ1) is 26.2. The molecule has 0 aliphatic carbocycles. The molecule has 0 radical (unpaired) electrons. The first-order valence-corrected chi connectivity index (χ1v) is 14.1. The third-order valence-corrected chi connectivity index (χ3v) is 7.58. The van der Waals surface area contributed by atoms with Gasteiger partial charge in [-0.25, -0.2) is 0 Å². The van der Waals surface area contributed by atoms with Crippen LogP contribution in [0.3, 0.4) is 0 Å². The third-order valence-electron chi connectivity index (χ3n) is 7.58. The minimum absolute atomic E-state index is 0.272. The standard InChI is InChI=1S/C39H33NO/c1-30(39(32-14-6-2-7-15-32)33-16-8-3-9-17-33)31-22-26-37(27-23-31)41-38-28-24-36(25-29-38)40(34-18-10-4-11-19-34)35-20-12-5-13-21-35/h2-30,39H,1H3. The lowest BCUT2D eigenvalue weighted by Gasteiger charge is -2.26. The van der Waals surface area contributed by atoms with E-state index in [-0.39, 0.29) is 5.92 Å². The fraction of sp³-hybridized carbons (Fsp3) is 0.0769. The highest BCUT2D eigenvalue weighted by Gasteiger charge is 2.22. The Morgan fingerprint density at radius 2 is 0.756 bits per heavy atom. The normalized spacial score (nSPS) is 11.7. The Balaban J connectivity index is 1.21. The summed E-state index contributed by atoms with van der Waals surface area (Å²) in [6, 6.07) is 59.2. The molecule has 41 heavy (non-hydrogen) atoms. The molecule has 1 atom stereocenters. The quantitative estimate of drug-likeness (QED) is 0.184. The number of rotatable bonds is 9. The lowest BCUT2D eigenvalue weighted by molar-refractivity contribution is 0.482. The molecule has 0 aromatic heterocycles. The molecule has 0 fully saturated rings. The first-order chi connectivity index (χ1) is 20.3. The van der Waals surface area contributed by atoms with Crippen molar-refractivity contribution < 1.29 is 4.74 Å². The van der Waals surface area contributed by atoms with Crippen LogP contribution in [0.15, 0.2) is 170 Å². The van der Waals surface area contributed by atoms with Crippen LogP contribution in [0.1, 0.15) is 35.4 Å². The van der Waals surface area contributed by atoms with Gasteiger partial charge in [-0.3, -0.25) is 0 Å². The van der Waals surface area contributed by atoms with Gasteiger partial charge in [0.05, 0.1) is 0 Å². The van der Waals surface area contributed by atoms with Gasteiger partial charge in [0.25, 0.3) is 0 Å². The van der Waals surface area contributed by atoms with Crippen molar-refractivity contribution in [1.29, 1.82) is 0 Å². The minimum Gasteiger partial charge on any atom is -0.457 e. The second kappa shape index (κ2) is 12.4. The number of hydrogen-bond donors (Lipinski definition) is 0. The van der Waals surface area contributed by atoms with Gasteiger partial charge < -0.3 is 9.64 Å². The van der Waals surface area contributed by atoms with Crippen LogP contribution in [-0.4, -0.2) is 0 Å². The van der Waals surface area contributed by atoms with Gasteiger partial charge in [-0.2, -0.15) is 0 Å². The monoisotopic (exact) mass is 531 g/mol. The van der Waals surface area contributed by atoms with Gasteiger partial charge in [0.1, 0.15) is 11.5 Å². The Bertz CT molecular complexity index is 1550. The van der Waals surface area contributed by atoms with Crippen LogP contribution in [0.5, 0.6) is 11.5 Å². The van der Waals surface area contributed by atoms with E-state index in [9.17, 15) is 0 Å². The predicted octanol–water partition coefficient (Wildman–Crippen LogP) is 10.9. The van der Waals surface area contributed by atoms with Crippen LogP contribution in [-0.2, 0) is 0 Å². The molecule has 2 nitrogen and oxygen atoms in total. The molecule has 0 bridgehead atoms. The molecule has 1 unspecified atom stereocenters. The second-order valence-electron chi connectivity index (χ2n) is 10.3. The summed E-state index contributed by atoms with van der Waals surface area (Å²) in [5.41, 5.74) is 7.24. The van der Waals surface area contributed by atoms with Gasteiger partial charge in [0.15, 0.2) is 0 Å². The van der Waals surface area contributed by atoms with Crippen molar-refractivity contribution in [3.63, 3.8) is 0 Å². The zero-order valence-corrected chi connectivity index (χ0v) is 23.2. The SMILES string of the molecule is CC(c1ccc(Oc2ccc(N(c3ccccc3)c3ccccc3)cc2)cc1)C(c1ccccc1)c1ccccc1. The molecule has 6 rings (SSSR count).